The Morgan fingerprint density at radius 2 is 2.47 bits per heavy atom. The Kier molecular flexibility index (Phi) is 5.42. The molecule has 88 valence electrons. The van der Waals surface area contributed by atoms with Crippen LogP contribution in [0.1, 0.15) is 20.3 Å². The van der Waals surface area contributed by atoms with E-state index in [2.05, 4.69) is 6.92 Å². The van der Waals surface area contributed by atoms with Crippen LogP contribution in [-0.2, 0) is 14.3 Å². The Morgan fingerprint density at radius 3 is 3.00 bits per heavy atom. The van der Waals surface area contributed by atoms with Crippen LogP contribution in [0.25, 0.3) is 0 Å². The summed E-state index contributed by atoms with van der Waals surface area (Å²) >= 11 is 1.70. The zero-order valence-electron chi connectivity index (χ0n) is 9.27. The Morgan fingerprint density at radius 1 is 1.73 bits per heavy atom. The van der Waals surface area contributed by atoms with E-state index in [-0.39, 0.29) is 12.1 Å². The van der Waals surface area contributed by atoms with Crippen LogP contribution in [0.15, 0.2) is 0 Å². The topological polar surface area (TPSA) is 61.5 Å². The Balaban J connectivity index is 2.21. The molecule has 1 aliphatic rings. The van der Waals surface area contributed by atoms with Gasteiger partial charge in [-0.3, -0.25) is 4.79 Å². The van der Waals surface area contributed by atoms with Gasteiger partial charge in [-0.15, -0.1) is 0 Å². The summed E-state index contributed by atoms with van der Waals surface area (Å²) < 4.78 is 10.3. The summed E-state index contributed by atoms with van der Waals surface area (Å²) in [5.74, 6) is 0.300. The van der Waals surface area contributed by atoms with Gasteiger partial charge >= 0.3 is 5.97 Å². The van der Waals surface area contributed by atoms with Gasteiger partial charge in [-0.05, 0) is 20.3 Å². The predicted molar refractivity (Wildman–Crippen MR) is 60.9 cm³/mol. The lowest BCUT2D eigenvalue weighted by molar-refractivity contribution is -0.144. The first kappa shape index (κ1) is 12.8. The fourth-order valence-electron chi connectivity index (χ4n) is 1.48. The van der Waals surface area contributed by atoms with Gasteiger partial charge in [-0.1, -0.05) is 0 Å². The van der Waals surface area contributed by atoms with Crippen molar-refractivity contribution >= 4 is 17.7 Å². The molecule has 0 saturated carbocycles. The molecule has 3 unspecified atom stereocenters. The maximum absolute atomic E-state index is 11.2. The SMILES string of the molecule is CCOC(=O)C(N)CSC1CCOC1C. The molecular formula is C10H19NO3S. The number of hydrogen-bond acceptors (Lipinski definition) is 5. The summed E-state index contributed by atoms with van der Waals surface area (Å²) in [4.78, 5) is 11.2. The van der Waals surface area contributed by atoms with E-state index in [0.29, 0.717) is 17.6 Å². The number of rotatable bonds is 5. The zero-order valence-corrected chi connectivity index (χ0v) is 10.1. The third-order valence-corrected chi connectivity index (χ3v) is 3.98. The maximum atomic E-state index is 11.2. The highest BCUT2D eigenvalue weighted by molar-refractivity contribution is 8.00. The third kappa shape index (κ3) is 4.01. The van der Waals surface area contributed by atoms with Gasteiger partial charge in [0.25, 0.3) is 0 Å². The van der Waals surface area contributed by atoms with Gasteiger partial charge in [-0.2, -0.15) is 11.8 Å². The minimum Gasteiger partial charge on any atom is -0.465 e. The predicted octanol–water partition coefficient (Wildman–Crippen LogP) is 0.787. The van der Waals surface area contributed by atoms with Crippen LogP contribution in [0.4, 0.5) is 0 Å². The van der Waals surface area contributed by atoms with Crippen molar-refractivity contribution in [2.45, 2.75) is 37.7 Å². The second-order valence-corrected chi connectivity index (χ2v) is 4.87. The standard InChI is InChI=1S/C10H19NO3S/c1-3-13-10(12)8(11)6-15-9-4-5-14-7(9)2/h7-9H,3-6,11H2,1-2H3. The van der Waals surface area contributed by atoms with Crippen molar-refractivity contribution < 1.29 is 14.3 Å². The first-order valence-electron chi connectivity index (χ1n) is 5.30. The van der Waals surface area contributed by atoms with E-state index in [9.17, 15) is 4.79 Å². The number of hydrogen-bond donors (Lipinski definition) is 1. The number of nitrogens with two attached hydrogens (primary N) is 1. The van der Waals surface area contributed by atoms with Gasteiger partial charge in [-0.25, -0.2) is 0 Å². The van der Waals surface area contributed by atoms with Crippen LogP contribution < -0.4 is 5.73 Å². The van der Waals surface area contributed by atoms with E-state index in [0.717, 1.165) is 13.0 Å². The molecule has 2 N–H and O–H groups in total. The van der Waals surface area contributed by atoms with Gasteiger partial charge in [0, 0.05) is 17.6 Å². The second kappa shape index (κ2) is 6.35. The summed E-state index contributed by atoms with van der Waals surface area (Å²) in [5.41, 5.74) is 5.69. The highest BCUT2D eigenvalue weighted by Gasteiger charge is 2.26. The molecule has 1 fully saturated rings. The Hall–Kier alpha value is -0.260. The maximum Gasteiger partial charge on any atom is 0.323 e. The molecule has 0 spiro atoms. The smallest absolute Gasteiger partial charge is 0.323 e. The molecule has 0 aromatic carbocycles. The van der Waals surface area contributed by atoms with E-state index in [1.54, 1.807) is 18.7 Å². The normalized spacial score (nSPS) is 27.7. The molecule has 4 nitrogen and oxygen atoms in total. The van der Waals surface area contributed by atoms with Crippen LogP contribution in [0.2, 0.25) is 0 Å². The largest absolute Gasteiger partial charge is 0.465 e. The fraction of sp³-hybridized carbons (Fsp3) is 0.900. The van der Waals surface area contributed by atoms with E-state index in [1.165, 1.54) is 0 Å². The molecule has 15 heavy (non-hydrogen) atoms. The van der Waals surface area contributed by atoms with Crippen molar-refractivity contribution in [3.05, 3.63) is 0 Å². The van der Waals surface area contributed by atoms with Crippen molar-refractivity contribution in [2.24, 2.45) is 5.73 Å². The number of carbonyl (C=O) groups is 1. The monoisotopic (exact) mass is 233 g/mol. The van der Waals surface area contributed by atoms with Gasteiger partial charge in [0.2, 0.25) is 0 Å². The van der Waals surface area contributed by atoms with Crippen molar-refractivity contribution in [1.29, 1.82) is 0 Å². The summed E-state index contributed by atoms with van der Waals surface area (Å²) in [6, 6.07) is -0.511. The van der Waals surface area contributed by atoms with Gasteiger partial charge in [0.1, 0.15) is 6.04 Å². The first-order chi connectivity index (χ1) is 7.15. The lowest BCUT2D eigenvalue weighted by atomic mass is 10.3. The molecule has 5 heteroatoms. The minimum absolute atomic E-state index is 0.268. The van der Waals surface area contributed by atoms with E-state index < -0.39 is 6.04 Å². The number of ether oxygens (including phenoxy) is 2. The van der Waals surface area contributed by atoms with Crippen LogP contribution in [-0.4, -0.2) is 42.3 Å². The molecule has 0 bridgehead atoms. The van der Waals surface area contributed by atoms with Crippen molar-refractivity contribution in [3.63, 3.8) is 0 Å². The molecular weight excluding hydrogens is 214 g/mol. The Labute approximate surface area is 94.9 Å². The van der Waals surface area contributed by atoms with E-state index >= 15 is 0 Å². The summed E-state index contributed by atoms with van der Waals surface area (Å²) in [6.07, 6.45) is 1.31. The summed E-state index contributed by atoms with van der Waals surface area (Å²) in [7, 11) is 0. The molecule has 0 aliphatic carbocycles. The highest BCUT2D eigenvalue weighted by Crippen LogP contribution is 2.26. The highest BCUT2D eigenvalue weighted by atomic mass is 32.2. The molecule has 1 rings (SSSR count). The van der Waals surface area contributed by atoms with Crippen LogP contribution in [0.3, 0.4) is 0 Å². The number of thioether (sulfide) groups is 1. The molecule has 0 radical (unpaired) electrons. The van der Waals surface area contributed by atoms with E-state index in [4.69, 9.17) is 15.2 Å². The van der Waals surface area contributed by atoms with Crippen LogP contribution in [0, 0.1) is 0 Å². The molecule has 0 aromatic heterocycles. The van der Waals surface area contributed by atoms with E-state index in [1.807, 2.05) is 0 Å². The summed E-state index contributed by atoms with van der Waals surface area (Å²) in [6.45, 7) is 5.04. The van der Waals surface area contributed by atoms with Crippen molar-refractivity contribution in [3.8, 4) is 0 Å². The van der Waals surface area contributed by atoms with Crippen LogP contribution >= 0.6 is 11.8 Å². The number of carbonyl (C=O) groups excluding carboxylic acids is 1. The zero-order chi connectivity index (χ0) is 11.3. The molecule has 1 aliphatic heterocycles. The lowest BCUT2D eigenvalue weighted by Gasteiger charge is -2.16. The van der Waals surface area contributed by atoms with Crippen LogP contribution in [0.5, 0.6) is 0 Å². The van der Waals surface area contributed by atoms with Crippen molar-refractivity contribution in [1.82, 2.24) is 0 Å². The van der Waals surface area contributed by atoms with Crippen molar-refractivity contribution in [2.75, 3.05) is 19.0 Å². The number of esters is 1. The fourth-order valence-corrected chi connectivity index (χ4v) is 2.68. The van der Waals surface area contributed by atoms with Gasteiger partial charge in [0.05, 0.1) is 12.7 Å². The third-order valence-electron chi connectivity index (χ3n) is 2.39. The average Bonchev–Trinajstić information content (AvgIpc) is 2.61. The minimum atomic E-state index is -0.511. The quantitative estimate of drug-likeness (QED) is 0.711. The summed E-state index contributed by atoms with van der Waals surface area (Å²) in [5, 5.41) is 0.463. The second-order valence-electron chi connectivity index (χ2n) is 3.59. The molecule has 0 aromatic rings. The van der Waals surface area contributed by atoms with Gasteiger partial charge < -0.3 is 15.2 Å². The molecule has 3 atom stereocenters. The molecule has 1 heterocycles. The Bertz CT molecular complexity index is 213. The molecule has 0 amide bonds. The first-order valence-corrected chi connectivity index (χ1v) is 6.35. The lowest BCUT2D eigenvalue weighted by Crippen LogP contribution is -2.35. The van der Waals surface area contributed by atoms with Gasteiger partial charge in [0.15, 0.2) is 0 Å². The molecule has 1 saturated heterocycles. The average molecular weight is 233 g/mol.